The smallest absolute Gasteiger partial charge is 0.251 e. The Morgan fingerprint density at radius 3 is 2.67 bits per heavy atom. The Kier molecular flexibility index (Phi) is 7.92. The molecule has 11 heteroatoms. The number of nitrogens with zero attached hydrogens (tertiary/aromatic N) is 5. The topological polar surface area (TPSA) is 100 Å². The van der Waals surface area contributed by atoms with Gasteiger partial charge in [0.25, 0.3) is 5.91 Å². The van der Waals surface area contributed by atoms with E-state index in [2.05, 4.69) is 50.8 Å². The molecule has 2 aliphatic rings. The van der Waals surface area contributed by atoms with E-state index in [1.807, 2.05) is 30.6 Å². The molecule has 0 radical (unpaired) electrons. The molecule has 1 unspecified atom stereocenters. The molecular weight excluding hydrogens is 516 g/mol. The first kappa shape index (κ1) is 27.2. The quantitative estimate of drug-likeness (QED) is 0.429. The van der Waals surface area contributed by atoms with Gasteiger partial charge in [-0.3, -0.25) is 9.69 Å². The van der Waals surface area contributed by atoms with Gasteiger partial charge in [0.15, 0.2) is 6.10 Å². The maximum absolute atomic E-state index is 12.7. The van der Waals surface area contributed by atoms with Gasteiger partial charge >= 0.3 is 0 Å². The van der Waals surface area contributed by atoms with Crippen LogP contribution in [0.4, 0.5) is 5.82 Å². The molecule has 0 aliphatic carbocycles. The summed E-state index contributed by atoms with van der Waals surface area (Å²) < 4.78 is 31.5. The molecule has 0 saturated carbocycles. The predicted octanol–water partition coefficient (Wildman–Crippen LogP) is 1.81. The molecule has 1 N–H and O–H groups in total. The van der Waals surface area contributed by atoms with E-state index in [0.29, 0.717) is 11.3 Å². The second kappa shape index (κ2) is 11.4. The molecule has 1 fully saturated rings. The Morgan fingerprint density at radius 1 is 1.13 bits per heavy atom. The van der Waals surface area contributed by atoms with Crippen LogP contribution in [0.2, 0.25) is 0 Å². The lowest BCUT2D eigenvalue weighted by Gasteiger charge is -2.38. The van der Waals surface area contributed by atoms with Crippen LogP contribution in [0, 0.1) is 0 Å². The number of hydrogen-bond donors (Lipinski definition) is 1. The van der Waals surface area contributed by atoms with E-state index in [9.17, 15) is 13.2 Å². The highest BCUT2D eigenvalue weighted by Gasteiger charge is 2.32. The highest BCUT2D eigenvalue weighted by atomic mass is 32.2. The standard InChI is InChI=1S/C28H36N6O4S/c1-31(2)13-14-32-15-17-33(18-16-32)27-22(6-4-10-29-27)26-24-7-5-12-34(24)23-9-8-21(20-25(23)38-26)28(35)30-11-19-39(3,36)37/h4-10,12,20,26H,11,13-19H2,1-3H3,(H,30,35). The monoisotopic (exact) mass is 552 g/mol. The van der Waals surface area contributed by atoms with E-state index in [-0.39, 0.29) is 18.2 Å². The van der Waals surface area contributed by atoms with Gasteiger partial charge in [0, 0.05) is 75.6 Å². The van der Waals surface area contributed by atoms with Crippen molar-refractivity contribution in [3.8, 4) is 11.4 Å². The number of pyridine rings is 1. The fourth-order valence-electron chi connectivity index (χ4n) is 5.04. The summed E-state index contributed by atoms with van der Waals surface area (Å²) >= 11 is 0. The zero-order chi connectivity index (χ0) is 27.6. The lowest BCUT2D eigenvalue weighted by Crippen LogP contribution is -2.48. The fraction of sp³-hybridized carbons (Fsp3) is 0.429. The number of anilines is 1. The SMILES string of the molecule is CN(C)CCN1CCN(c2ncccc2C2Oc3cc(C(=O)NCCS(C)(=O)=O)ccc3-n3cccc32)CC1. The highest BCUT2D eigenvalue weighted by Crippen LogP contribution is 2.41. The maximum Gasteiger partial charge on any atom is 0.251 e. The summed E-state index contributed by atoms with van der Waals surface area (Å²) in [5.74, 6) is 1.06. The van der Waals surface area contributed by atoms with E-state index in [1.165, 1.54) is 0 Å². The number of aromatic nitrogens is 2. The molecular formula is C28H36N6O4S. The molecule has 1 amide bonds. The number of carbonyl (C=O) groups is 1. The minimum absolute atomic E-state index is 0.0570. The van der Waals surface area contributed by atoms with Crippen molar-refractivity contribution < 1.29 is 17.9 Å². The second-order valence-electron chi connectivity index (χ2n) is 10.4. The number of rotatable bonds is 9. The van der Waals surface area contributed by atoms with Gasteiger partial charge in [-0.2, -0.15) is 0 Å². The Balaban J connectivity index is 1.37. The van der Waals surface area contributed by atoms with Crippen LogP contribution in [0.15, 0.2) is 54.9 Å². The lowest BCUT2D eigenvalue weighted by atomic mass is 10.0. The van der Waals surface area contributed by atoms with E-state index < -0.39 is 15.9 Å². The molecule has 10 nitrogen and oxygen atoms in total. The average molecular weight is 553 g/mol. The fourth-order valence-corrected chi connectivity index (χ4v) is 5.51. The van der Waals surface area contributed by atoms with Crippen LogP contribution in [-0.4, -0.2) is 106 Å². The summed E-state index contributed by atoms with van der Waals surface area (Å²) in [6.45, 7) is 5.88. The number of likely N-dealkylation sites (N-methyl/N-ethyl adjacent to an activating group) is 1. The van der Waals surface area contributed by atoms with Gasteiger partial charge in [0.2, 0.25) is 0 Å². The molecule has 1 saturated heterocycles. The number of nitrogens with one attached hydrogen (secondary N) is 1. The Bertz CT molecular complexity index is 1430. The van der Waals surface area contributed by atoms with Crippen molar-refractivity contribution in [3.63, 3.8) is 0 Å². The van der Waals surface area contributed by atoms with Crippen LogP contribution in [0.25, 0.3) is 5.69 Å². The molecule has 5 rings (SSSR count). The third-order valence-corrected chi connectivity index (χ3v) is 8.11. The summed E-state index contributed by atoms with van der Waals surface area (Å²) in [5, 5.41) is 2.69. The average Bonchev–Trinajstić information content (AvgIpc) is 3.41. The number of hydrogen-bond acceptors (Lipinski definition) is 8. The number of piperazine rings is 1. The Labute approximate surface area is 230 Å². The van der Waals surface area contributed by atoms with E-state index in [4.69, 9.17) is 9.72 Å². The zero-order valence-electron chi connectivity index (χ0n) is 22.7. The van der Waals surface area contributed by atoms with Crippen LogP contribution in [-0.2, 0) is 9.84 Å². The summed E-state index contributed by atoms with van der Waals surface area (Å²) in [6.07, 6.45) is 4.58. The van der Waals surface area contributed by atoms with Crippen molar-refractivity contribution in [3.05, 3.63) is 71.7 Å². The number of benzene rings is 1. The summed E-state index contributed by atoms with van der Waals surface area (Å²) in [7, 11) is 1.04. The van der Waals surface area contributed by atoms with Crippen LogP contribution < -0.4 is 15.0 Å². The van der Waals surface area contributed by atoms with Crippen molar-refractivity contribution in [1.82, 2.24) is 24.7 Å². The first-order valence-electron chi connectivity index (χ1n) is 13.2. The summed E-state index contributed by atoms with van der Waals surface area (Å²) in [5.41, 5.74) is 3.23. The first-order chi connectivity index (χ1) is 18.7. The zero-order valence-corrected chi connectivity index (χ0v) is 23.5. The number of fused-ring (bicyclic) bond motifs is 3. The van der Waals surface area contributed by atoms with Gasteiger partial charge in [0.1, 0.15) is 21.4 Å². The highest BCUT2D eigenvalue weighted by molar-refractivity contribution is 7.90. The van der Waals surface area contributed by atoms with E-state index in [1.54, 1.807) is 12.1 Å². The largest absolute Gasteiger partial charge is 0.477 e. The van der Waals surface area contributed by atoms with E-state index in [0.717, 1.165) is 68.3 Å². The van der Waals surface area contributed by atoms with Crippen molar-refractivity contribution in [2.24, 2.45) is 0 Å². The molecule has 4 heterocycles. The van der Waals surface area contributed by atoms with Gasteiger partial charge in [0.05, 0.1) is 17.1 Å². The van der Waals surface area contributed by atoms with Crippen LogP contribution in [0.3, 0.4) is 0 Å². The van der Waals surface area contributed by atoms with Crippen LogP contribution in [0.5, 0.6) is 5.75 Å². The van der Waals surface area contributed by atoms with Crippen LogP contribution in [0.1, 0.15) is 27.7 Å². The molecule has 208 valence electrons. The minimum Gasteiger partial charge on any atom is -0.477 e. The van der Waals surface area contributed by atoms with Crippen molar-refractivity contribution in [2.75, 3.05) is 76.8 Å². The molecule has 1 atom stereocenters. The maximum atomic E-state index is 12.7. The number of amides is 1. The van der Waals surface area contributed by atoms with Crippen molar-refractivity contribution in [1.29, 1.82) is 0 Å². The van der Waals surface area contributed by atoms with Gasteiger partial charge in [-0.25, -0.2) is 13.4 Å². The van der Waals surface area contributed by atoms with Gasteiger partial charge < -0.3 is 24.4 Å². The predicted molar refractivity (Wildman–Crippen MR) is 152 cm³/mol. The van der Waals surface area contributed by atoms with Gasteiger partial charge in [-0.15, -0.1) is 0 Å². The lowest BCUT2D eigenvalue weighted by molar-refractivity contribution is 0.0955. The number of sulfone groups is 1. The molecule has 3 aromatic rings. The molecule has 2 aromatic heterocycles. The molecule has 1 aromatic carbocycles. The van der Waals surface area contributed by atoms with Crippen molar-refractivity contribution >= 4 is 21.6 Å². The Morgan fingerprint density at radius 2 is 1.92 bits per heavy atom. The first-order valence-corrected chi connectivity index (χ1v) is 15.3. The second-order valence-corrected chi connectivity index (χ2v) is 12.7. The van der Waals surface area contributed by atoms with Gasteiger partial charge in [-0.1, -0.05) is 0 Å². The number of ether oxygens (including phenoxy) is 1. The molecule has 2 aliphatic heterocycles. The molecule has 0 bridgehead atoms. The van der Waals surface area contributed by atoms with Gasteiger partial charge in [-0.05, 0) is 56.6 Å². The minimum atomic E-state index is -3.16. The molecule has 0 spiro atoms. The normalized spacial score (nSPS) is 17.4. The molecule has 39 heavy (non-hydrogen) atoms. The summed E-state index contributed by atoms with van der Waals surface area (Å²) in [6, 6.07) is 13.4. The summed E-state index contributed by atoms with van der Waals surface area (Å²) in [4.78, 5) is 24.6. The van der Waals surface area contributed by atoms with E-state index >= 15 is 0 Å². The Hall–Kier alpha value is -3.41. The van der Waals surface area contributed by atoms with Crippen LogP contribution >= 0.6 is 0 Å². The van der Waals surface area contributed by atoms with Crippen molar-refractivity contribution in [2.45, 2.75) is 6.10 Å². The third kappa shape index (κ3) is 6.26. The number of carbonyl (C=O) groups excluding carboxylic acids is 1. The third-order valence-electron chi connectivity index (χ3n) is 7.17.